The van der Waals surface area contributed by atoms with Gasteiger partial charge in [-0.15, -0.1) is 0 Å². The Bertz CT molecular complexity index is 1270. The van der Waals surface area contributed by atoms with Crippen LogP contribution < -0.4 is 16.7 Å². The minimum Gasteiger partial charge on any atom is -0.507 e. The highest BCUT2D eigenvalue weighted by Gasteiger charge is 2.26. The molecule has 1 aromatic heterocycles. The zero-order valence-electron chi connectivity index (χ0n) is 20.3. The summed E-state index contributed by atoms with van der Waals surface area (Å²) in [5.41, 5.74) is 4.49. The highest BCUT2D eigenvalue weighted by molar-refractivity contribution is 5.82. The van der Waals surface area contributed by atoms with Crippen molar-refractivity contribution in [1.82, 2.24) is 9.13 Å². The van der Waals surface area contributed by atoms with Crippen LogP contribution in [-0.4, -0.2) is 20.5 Å². The molecule has 7 heteroatoms. The smallest absolute Gasteiger partial charge is 0.336 e. The normalized spacial score (nSPS) is 12.3. The van der Waals surface area contributed by atoms with Crippen molar-refractivity contribution in [1.29, 1.82) is 0 Å². The predicted octanol–water partition coefficient (Wildman–Crippen LogP) is 4.28. The third-order valence-corrected chi connectivity index (χ3v) is 5.47. The fourth-order valence-corrected chi connectivity index (χ4v) is 3.58. The molecule has 3 aromatic rings. The monoisotopic (exact) mass is 448 g/mol. The molecule has 0 atom stereocenters. The van der Waals surface area contributed by atoms with Crippen LogP contribution in [0, 0.1) is 0 Å². The summed E-state index contributed by atoms with van der Waals surface area (Å²) in [4.78, 5) is 25.1. The standard InChI is InChI=1S/C26H32N4O3/c1-25(2,3)19-13-17(14-20(23(19)32)26(4,5)6)16-27-28-21-15-22(31)29(7)24(33)30(21)18-11-9-8-10-12-18/h8-16,28,32H,1-7H3. The van der Waals surface area contributed by atoms with E-state index in [2.05, 4.69) is 10.5 Å². The van der Waals surface area contributed by atoms with Crippen molar-refractivity contribution in [3.63, 3.8) is 0 Å². The first-order valence-corrected chi connectivity index (χ1v) is 10.9. The molecular formula is C26H32N4O3. The van der Waals surface area contributed by atoms with Gasteiger partial charge in [-0.25, -0.2) is 9.36 Å². The van der Waals surface area contributed by atoms with Gasteiger partial charge in [0.15, 0.2) is 0 Å². The van der Waals surface area contributed by atoms with Crippen LogP contribution in [0.1, 0.15) is 58.2 Å². The molecule has 0 aliphatic rings. The molecule has 0 fully saturated rings. The van der Waals surface area contributed by atoms with Crippen molar-refractivity contribution >= 4 is 12.0 Å². The van der Waals surface area contributed by atoms with E-state index < -0.39 is 11.2 Å². The number of benzene rings is 2. The molecule has 2 aromatic carbocycles. The number of hydrogen-bond donors (Lipinski definition) is 2. The van der Waals surface area contributed by atoms with E-state index in [0.717, 1.165) is 21.3 Å². The van der Waals surface area contributed by atoms with Crippen molar-refractivity contribution in [3.05, 3.63) is 86.1 Å². The van der Waals surface area contributed by atoms with E-state index in [9.17, 15) is 14.7 Å². The van der Waals surface area contributed by atoms with Gasteiger partial charge in [0, 0.05) is 24.2 Å². The molecular weight excluding hydrogens is 416 g/mol. The summed E-state index contributed by atoms with van der Waals surface area (Å²) in [5.74, 6) is 0.556. The number of nitrogens with zero attached hydrogens (tertiary/aromatic N) is 3. The second kappa shape index (κ2) is 8.73. The number of rotatable bonds is 4. The van der Waals surface area contributed by atoms with E-state index in [0.29, 0.717) is 11.4 Å². The average Bonchev–Trinajstić information content (AvgIpc) is 2.72. The molecule has 0 saturated heterocycles. The zero-order chi connectivity index (χ0) is 24.6. The molecule has 1 heterocycles. The summed E-state index contributed by atoms with van der Waals surface area (Å²) in [7, 11) is 1.44. The third kappa shape index (κ3) is 5.08. The van der Waals surface area contributed by atoms with Crippen LogP contribution in [0.2, 0.25) is 0 Å². The lowest BCUT2D eigenvalue weighted by Gasteiger charge is -2.27. The van der Waals surface area contributed by atoms with Crippen molar-refractivity contribution in [2.45, 2.75) is 52.4 Å². The highest BCUT2D eigenvalue weighted by Crippen LogP contribution is 2.39. The minimum atomic E-state index is -0.471. The molecule has 0 bridgehead atoms. The quantitative estimate of drug-likeness (QED) is 0.461. The maximum absolute atomic E-state index is 12.8. The highest BCUT2D eigenvalue weighted by atomic mass is 16.3. The van der Waals surface area contributed by atoms with Gasteiger partial charge in [-0.2, -0.15) is 5.10 Å². The number of anilines is 1. The Hall–Kier alpha value is -3.61. The van der Waals surface area contributed by atoms with Crippen molar-refractivity contribution < 1.29 is 5.11 Å². The number of aromatic nitrogens is 2. The molecule has 174 valence electrons. The predicted molar refractivity (Wildman–Crippen MR) is 134 cm³/mol. The number of hydrazone groups is 1. The fourth-order valence-electron chi connectivity index (χ4n) is 3.58. The van der Waals surface area contributed by atoms with Crippen molar-refractivity contribution in [3.8, 4) is 11.4 Å². The Morgan fingerprint density at radius 2 is 1.45 bits per heavy atom. The first-order valence-electron chi connectivity index (χ1n) is 10.9. The SMILES string of the molecule is Cn1c(=O)cc(NN=Cc2cc(C(C)(C)C)c(O)c(C(C)(C)C)c2)n(-c2ccccc2)c1=O. The first kappa shape index (κ1) is 24.0. The molecule has 0 aliphatic heterocycles. The number of aromatic hydroxyl groups is 1. The van der Waals surface area contributed by atoms with Gasteiger partial charge in [-0.1, -0.05) is 59.7 Å². The summed E-state index contributed by atoms with van der Waals surface area (Å²) < 4.78 is 2.45. The fraction of sp³-hybridized carbons (Fsp3) is 0.346. The molecule has 7 nitrogen and oxygen atoms in total. The molecule has 2 N–H and O–H groups in total. The first-order chi connectivity index (χ1) is 15.3. The van der Waals surface area contributed by atoms with Crippen LogP contribution in [0.5, 0.6) is 5.75 Å². The van der Waals surface area contributed by atoms with E-state index >= 15 is 0 Å². The lowest BCUT2D eigenvalue weighted by atomic mass is 9.78. The average molecular weight is 449 g/mol. The summed E-state index contributed by atoms with van der Waals surface area (Å²) >= 11 is 0. The van der Waals surface area contributed by atoms with Gasteiger partial charge in [0.25, 0.3) is 5.56 Å². The summed E-state index contributed by atoms with van der Waals surface area (Å²) in [6.45, 7) is 12.3. The van der Waals surface area contributed by atoms with Crippen LogP contribution in [-0.2, 0) is 17.9 Å². The maximum atomic E-state index is 12.8. The van der Waals surface area contributed by atoms with Gasteiger partial charge in [0.2, 0.25) is 0 Å². The summed E-state index contributed by atoms with van der Waals surface area (Å²) in [6, 6.07) is 14.2. The molecule has 0 unspecified atom stereocenters. The Morgan fingerprint density at radius 3 is 1.97 bits per heavy atom. The number of nitrogens with one attached hydrogen (secondary N) is 1. The minimum absolute atomic E-state index is 0.261. The van der Waals surface area contributed by atoms with E-state index in [1.807, 2.05) is 71.9 Å². The number of phenols is 1. The largest absolute Gasteiger partial charge is 0.507 e. The molecule has 0 saturated carbocycles. The van der Waals surface area contributed by atoms with E-state index in [1.165, 1.54) is 17.7 Å². The van der Waals surface area contributed by atoms with Crippen LogP contribution in [0.15, 0.2) is 63.2 Å². The van der Waals surface area contributed by atoms with E-state index in [-0.39, 0.29) is 16.6 Å². The van der Waals surface area contributed by atoms with E-state index in [1.54, 1.807) is 18.3 Å². The van der Waals surface area contributed by atoms with Crippen LogP contribution in [0.4, 0.5) is 5.82 Å². The third-order valence-electron chi connectivity index (χ3n) is 5.47. The second-order valence-corrected chi connectivity index (χ2v) is 10.2. The van der Waals surface area contributed by atoms with Gasteiger partial charge in [0.1, 0.15) is 11.6 Å². The lowest BCUT2D eigenvalue weighted by Crippen LogP contribution is -2.37. The number of phenolic OH excluding ortho intramolecular Hbond substituents is 1. The molecule has 0 amide bonds. The van der Waals surface area contributed by atoms with Crippen molar-refractivity contribution in [2.75, 3.05) is 5.43 Å². The van der Waals surface area contributed by atoms with Gasteiger partial charge < -0.3 is 5.11 Å². The van der Waals surface area contributed by atoms with Crippen LogP contribution in [0.3, 0.4) is 0 Å². The maximum Gasteiger partial charge on any atom is 0.336 e. The molecule has 3 rings (SSSR count). The zero-order valence-corrected chi connectivity index (χ0v) is 20.3. The van der Waals surface area contributed by atoms with Crippen LogP contribution >= 0.6 is 0 Å². The lowest BCUT2D eigenvalue weighted by molar-refractivity contribution is 0.423. The van der Waals surface area contributed by atoms with Gasteiger partial charge >= 0.3 is 5.69 Å². The van der Waals surface area contributed by atoms with Crippen molar-refractivity contribution in [2.24, 2.45) is 12.1 Å². The van der Waals surface area contributed by atoms with Crippen LogP contribution in [0.25, 0.3) is 5.69 Å². The Kier molecular flexibility index (Phi) is 6.36. The molecule has 33 heavy (non-hydrogen) atoms. The molecule has 0 radical (unpaired) electrons. The van der Waals surface area contributed by atoms with Gasteiger partial charge in [0.05, 0.1) is 11.9 Å². The topological polar surface area (TPSA) is 88.6 Å². The summed E-state index contributed by atoms with van der Waals surface area (Å²) in [5, 5.41) is 15.2. The number of hydrogen-bond acceptors (Lipinski definition) is 5. The Labute approximate surface area is 194 Å². The number of para-hydroxylation sites is 1. The summed E-state index contributed by atoms with van der Waals surface area (Å²) in [6.07, 6.45) is 1.63. The van der Waals surface area contributed by atoms with E-state index in [4.69, 9.17) is 0 Å². The Balaban J connectivity index is 2.07. The molecule has 0 aliphatic carbocycles. The second-order valence-electron chi connectivity index (χ2n) is 10.2. The van der Waals surface area contributed by atoms with Gasteiger partial charge in [-0.3, -0.25) is 14.8 Å². The van der Waals surface area contributed by atoms with Gasteiger partial charge in [-0.05, 0) is 40.7 Å². The Morgan fingerprint density at radius 1 is 0.909 bits per heavy atom. The molecule has 0 spiro atoms.